The Hall–Kier alpha value is -3.07. The zero-order chi connectivity index (χ0) is 24.2. The van der Waals surface area contributed by atoms with Gasteiger partial charge in [-0.15, -0.1) is 0 Å². The van der Waals surface area contributed by atoms with Crippen molar-refractivity contribution in [1.29, 1.82) is 0 Å². The van der Waals surface area contributed by atoms with Crippen molar-refractivity contribution in [2.45, 2.75) is 18.3 Å². The lowest BCUT2D eigenvalue weighted by atomic mass is 9.90. The van der Waals surface area contributed by atoms with E-state index in [1.807, 2.05) is 0 Å². The lowest BCUT2D eigenvalue weighted by Crippen LogP contribution is -2.38. The third kappa shape index (κ3) is 3.62. The van der Waals surface area contributed by atoms with E-state index >= 15 is 0 Å². The second-order valence-corrected chi connectivity index (χ2v) is 8.69. The van der Waals surface area contributed by atoms with E-state index in [-0.39, 0.29) is 5.02 Å². The average molecular weight is 507 g/mol. The van der Waals surface area contributed by atoms with Gasteiger partial charge in [0.25, 0.3) is 5.91 Å². The molecule has 5 rings (SSSR count). The first-order valence-electron chi connectivity index (χ1n) is 10.2. The summed E-state index contributed by atoms with van der Waals surface area (Å²) in [5.74, 6) is -2.81. The lowest BCUT2D eigenvalue weighted by molar-refractivity contribution is -0.137. The van der Waals surface area contributed by atoms with Crippen molar-refractivity contribution < 1.29 is 27.6 Å². The molecule has 0 unspecified atom stereocenters. The summed E-state index contributed by atoms with van der Waals surface area (Å²) in [6, 6.07) is 17.0. The minimum atomic E-state index is -4.76. The van der Waals surface area contributed by atoms with E-state index in [1.165, 1.54) is 23.3 Å². The number of anilines is 2. The predicted molar refractivity (Wildman–Crippen MR) is 120 cm³/mol. The van der Waals surface area contributed by atoms with E-state index in [2.05, 4.69) is 0 Å². The molecule has 3 aromatic rings. The number of carbonyl (C=O) groups is 2. The number of nitrogens with zero attached hydrogens (tertiary/aromatic N) is 2. The molecule has 0 radical (unpaired) electrons. The van der Waals surface area contributed by atoms with Gasteiger partial charge in [0.1, 0.15) is 5.92 Å². The predicted octanol–water partition coefficient (Wildman–Crippen LogP) is 6.06. The molecule has 0 spiro atoms. The van der Waals surface area contributed by atoms with Gasteiger partial charge in [0.15, 0.2) is 6.10 Å². The Morgan fingerprint density at radius 3 is 2.21 bits per heavy atom. The van der Waals surface area contributed by atoms with Gasteiger partial charge < -0.3 is 0 Å². The Labute approximate surface area is 202 Å². The summed E-state index contributed by atoms with van der Waals surface area (Å²) >= 11 is 12.5. The summed E-state index contributed by atoms with van der Waals surface area (Å²) in [6.07, 6.45) is -6.09. The van der Waals surface area contributed by atoms with E-state index in [9.17, 15) is 22.8 Å². The van der Waals surface area contributed by atoms with Crippen molar-refractivity contribution in [3.63, 3.8) is 0 Å². The zero-order valence-electron chi connectivity index (χ0n) is 17.2. The fourth-order valence-corrected chi connectivity index (χ4v) is 4.94. The number of carbonyl (C=O) groups excluding carboxylic acids is 2. The van der Waals surface area contributed by atoms with Crippen LogP contribution >= 0.6 is 23.2 Å². The molecule has 0 saturated carbocycles. The molecule has 0 aromatic heterocycles. The van der Waals surface area contributed by atoms with E-state index in [4.69, 9.17) is 28.0 Å². The number of alkyl halides is 3. The molecule has 2 aliphatic heterocycles. The van der Waals surface area contributed by atoms with Gasteiger partial charge in [0.05, 0.1) is 23.0 Å². The maximum atomic E-state index is 13.6. The van der Waals surface area contributed by atoms with Gasteiger partial charge in [0.2, 0.25) is 5.91 Å². The normalized spacial score (nSPS) is 22.4. The number of imide groups is 1. The maximum absolute atomic E-state index is 13.6. The molecule has 34 heavy (non-hydrogen) atoms. The van der Waals surface area contributed by atoms with Crippen LogP contribution in [0.5, 0.6) is 0 Å². The summed E-state index contributed by atoms with van der Waals surface area (Å²) in [5.41, 5.74) is -0.613. The highest BCUT2D eigenvalue weighted by Crippen LogP contribution is 2.50. The third-order valence-electron chi connectivity index (χ3n) is 5.86. The molecule has 10 heteroatoms. The van der Waals surface area contributed by atoms with Gasteiger partial charge in [-0.3, -0.25) is 14.4 Å². The number of hydroxylamine groups is 1. The molecule has 174 valence electrons. The first-order chi connectivity index (χ1) is 16.2. The van der Waals surface area contributed by atoms with Crippen molar-refractivity contribution in [1.82, 2.24) is 0 Å². The average Bonchev–Trinajstić information content (AvgIpc) is 3.30. The fraction of sp³-hybridized carbons (Fsp3) is 0.167. The Morgan fingerprint density at radius 2 is 1.53 bits per heavy atom. The number of benzene rings is 3. The Kier molecular flexibility index (Phi) is 5.55. The van der Waals surface area contributed by atoms with Crippen LogP contribution < -0.4 is 9.96 Å². The molecule has 0 bridgehead atoms. The first-order valence-corrected chi connectivity index (χ1v) is 10.9. The van der Waals surface area contributed by atoms with Crippen LogP contribution in [0.3, 0.4) is 0 Å². The Bertz CT molecular complexity index is 1290. The second kappa shape index (κ2) is 8.30. The fourth-order valence-electron chi connectivity index (χ4n) is 4.42. The number of halogens is 5. The lowest BCUT2D eigenvalue weighted by Gasteiger charge is -2.29. The standard InChI is InChI=1S/C24H15Cl2F3N2O3/c25-13-10-11-15(17(26)12-13)20-19-21(34-31(20)14-6-2-1-3-7-14)23(33)30(22(19)32)18-9-5-4-8-16(18)24(27,28)29/h1-12,19-21H/t19-,20-,21-/m1/s1. The highest BCUT2D eigenvalue weighted by Gasteiger charge is 2.61. The molecule has 5 nitrogen and oxygen atoms in total. The summed E-state index contributed by atoms with van der Waals surface area (Å²) in [7, 11) is 0. The van der Waals surface area contributed by atoms with Crippen LogP contribution in [0.4, 0.5) is 24.5 Å². The van der Waals surface area contributed by atoms with Crippen LogP contribution in [-0.2, 0) is 20.6 Å². The van der Waals surface area contributed by atoms with E-state index in [1.54, 1.807) is 42.5 Å². The van der Waals surface area contributed by atoms with Crippen LogP contribution in [0, 0.1) is 5.92 Å². The molecule has 0 aliphatic carbocycles. The van der Waals surface area contributed by atoms with Crippen molar-refractivity contribution in [2.24, 2.45) is 5.92 Å². The maximum Gasteiger partial charge on any atom is 0.418 e. The number of para-hydroxylation sites is 2. The highest BCUT2D eigenvalue weighted by molar-refractivity contribution is 6.35. The van der Waals surface area contributed by atoms with Gasteiger partial charge >= 0.3 is 6.18 Å². The van der Waals surface area contributed by atoms with Crippen LogP contribution in [0.1, 0.15) is 17.2 Å². The molecule has 3 aromatic carbocycles. The number of rotatable bonds is 3. The van der Waals surface area contributed by atoms with Crippen LogP contribution in [0.15, 0.2) is 72.8 Å². The van der Waals surface area contributed by atoms with Crippen molar-refractivity contribution in [3.8, 4) is 0 Å². The highest BCUT2D eigenvalue weighted by atomic mass is 35.5. The van der Waals surface area contributed by atoms with Crippen LogP contribution in [0.2, 0.25) is 10.0 Å². The van der Waals surface area contributed by atoms with Gasteiger partial charge in [-0.1, -0.05) is 59.6 Å². The Morgan fingerprint density at radius 1 is 0.853 bits per heavy atom. The monoisotopic (exact) mass is 506 g/mol. The van der Waals surface area contributed by atoms with Crippen molar-refractivity contribution in [3.05, 3.63) is 94.0 Å². The van der Waals surface area contributed by atoms with Crippen molar-refractivity contribution in [2.75, 3.05) is 9.96 Å². The van der Waals surface area contributed by atoms with Gasteiger partial charge in [-0.2, -0.15) is 13.2 Å². The minimum absolute atomic E-state index is 0.233. The zero-order valence-corrected chi connectivity index (χ0v) is 18.7. The van der Waals surface area contributed by atoms with Gasteiger partial charge in [-0.25, -0.2) is 9.96 Å². The SMILES string of the molecule is O=C1[C@@H]2[C@@H](c3ccc(Cl)cc3Cl)N(c3ccccc3)O[C@H]2C(=O)N1c1ccccc1C(F)(F)F. The van der Waals surface area contributed by atoms with E-state index in [0.717, 1.165) is 12.1 Å². The summed E-state index contributed by atoms with van der Waals surface area (Å²) in [4.78, 5) is 33.4. The number of hydrogen-bond acceptors (Lipinski definition) is 4. The number of hydrogen-bond donors (Lipinski definition) is 0. The van der Waals surface area contributed by atoms with Gasteiger partial charge in [0, 0.05) is 10.0 Å². The smallest absolute Gasteiger partial charge is 0.273 e. The molecule has 2 saturated heterocycles. The first kappa shape index (κ1) is 22.7. The minimum Gasteiger partial charge on any atom is -0.273 e. The molecule has 3 atom stereocenters. The molecule has 0 N–H and O–H groups in total. The number of fused-ring (bicyclic) bond motifs is 1. The number of amides is 2. The molecular formula is C24H15Cl2F3N2O3. The quantitative estimate of drug-likeness (QED) is 0.405. The van der Waals surface area contributed by atoms with Gasteiger partial charge in [-0.05, 0) is 42.0 Å². The molecule has 2 heterocycles. The van der Waals surface area contributed by atoms with Crippen molar-refractivity contribution >= 4 is 46.4 Å². The summed E-state index contributed by atoms with van der Waals surface area (Å²) in [5, 5.41) is 2.01. The Balaban J connectivity index is 1.63. The van der Waals surface area contributed by atoms with E-state index in [0.29, 0.717) is 21.2 Å². The second-order valence-electron chi connectivity index (χ2n) is 7.85. The third-order valence-corrected chi connectivity index (χ3v) is 6.42. The topological polar surface area (TPSA) is 49.9 Å². The molecule has 2 amide bonds. The van der Waals surface area contributed by atoms with Crippen LogP contribution in [-0.4, -0.2) is 17.9 Å². The molecular weight excluding hydrogens is 492 g/mol. The summed E-state index contributed by atoms with van der Waals surface area (Å²) in [6.45, 7) is 0. The molecule has 2 fully saturated rings. The molecule has 2 aliphatic rings. The van der Waals surface area contributed by atoms with Crippen LogP contribution in [0.25, 0.3) is 0 Å². The van der Waals surface area contributed by atoms with E-state index < -0.39 is 47.3 Å². The summed E-state index contributed by atoms with van der Waals surface area (Å²) < 4.78 is 40.9. The largest absolute Gasteiger partial charge is 0.418 e.